The predicted octanol–water partition coefficient (Wildman–Crippen LogP) is -0.222. The Balaban J connectivity index is 3.23. The van der Waals surface area contributed by atoms with Crippen LogP contribution in [0.25, 0.3) is 0 Å². The molecule has 0 spiro atoms. The Bertz CT molecular complexity index is 182. The van der Waals surface area contributed by atoms with Crippen LogP contribution < -0.4 is 5.32 Å². The van der Waals surface area contributed by atoms with Crippen molar-refractivity contribution in [1.82, 2.24) is 5.32 Å². The third kappa shape index (κ3) is 14.0. The second kappa shape index (κ2) is 14.2. The molecule has 0 aromatic heterocycles. The number of unbranched alkanes of at least 4 members (excludes halogenated alkanes) is 1. The van der Waals surface area contributed by atoms with E-state index < -0.39 is 12.2 Å². The number of rotatable bonds is 14. The van der Waals surface area contributed by atoms with Crippen LogP contribution in [0, 0.1) is 0 Å². The highest BCUT2D eigenvalue weighted by atomic mass is 16.5. The molecule has 2 atom stereocenters. The summed E-state index contributed by atoms with van der Waals surface area (Å²) in [5.74, 6) is 0. The molecule has 0 bridgehead atoms. The van der Waals surface area contributed by atoms with Crippen LogP contribution in [-0.4, -0.2) is 75.7 Å². The zero-order valence-electron chi connectivity index (χ0n) is 12.1. The van der Waals surface area contributed by atoms with E-state index in [1.165, 1.54) is 7.11 Å². The quantitative estimate of drug-likeness (QED) is 0.381. The lowest BCUT2D eigenvalue weighted by molar-refractivity contribution is 0.00216. The van der Waals surface area contributed by atoms with Gasteiger partial charge in [-0.1, -0.05) is 13.3 Å². The monoisotopic (exact) mass is 279 g/mol. The van der Waals surface area contributed by atoms with E-state index in [1.807, 2.05) is 0 Å². The average molecular weight is 279 g/mol. The number of aliphatic hydroxyl groups is 2. The second-order valence-corrected chi connectivity index (χ2v) is 4.46. The van der Waals surface area contributed by atoms with Gasteiger partial charge >= 0.3 is 0 Å². The lowest BCUT2D eigenvalue weighted by Crippen LogP contribution is -2.36. The first-order valence-corrected chi connectivity index (χ1v) is 6.92. The Kier molecular flexibility index (Phi) is 14.0. The van der Waals surface area contributed by atoms with Gasteiger partial charge in [0.25, 0.3) is 0 Å². The molecule has 0 radical (unpaired) electrons. The third-order valence-corrected chi connectivity index (χ3v) is 2.44. The molecule has 0 amide bonds. The zero-order chi connectivity index (χ0) is 14.3. The Labute approximate surface area is 116 Å². The molecule has 0 heterocycles. The highest BCUT2D eigenvalue weighted by Crippen LogP contribution is 1.89. The van der Waals surface area contributed by atoms with E-state index in [4.69, 9.17) is 14.2 Å². The summed E-state index contributed by atoms with van der Waals surface area (Å²) in [6, 6.07) is 0. The molecule has 0 aliphatic carbocycles. The summed E-state index contributed by atoms with van der Waals surface area (Å²) < 4.78 is 15.4. The molecule has 0 aliphatic heterocycles. The molecule has 2 unspecified atom stereocenters. The fourth-order valence-electron chi connectivity index (χ4n) is 1.41. The Morgan fingerprint density at radius 3 is 2.21 bits per heavy atom. The maximum Gasteiger partial charge on any atom is 0.0897 e. The summed E-state index contributed by atoms with van der Waals surface area (Å²) in [4.78, 5) is 0. The van der Waals surface area contributed by atoms with Gasteiger partial charge in [-0.2, -0.15) is 0 Å². The predicted molar refractivity (Wildman–Crippen MR) is 73.3 cm³/mol. The summed E-state index contributed by atoms with van der Waals surface area (Å²) in [6.45, 7) is 5.27. The SMILES string of the molecule is CCCCOCCOCC(O)CNCC(O)COC. The molecule has 0 saturated heterocycles. The van der Waals surface area contributed by atoms with Crippen LogP contribution in [0.4, 0.5) is 0 Å². The molecule has 0 aromatic carbocycles. The first kappa shape index (κ1) is 18.8. The Morgan fingerprint density at radius 1 is 0.947 bits per heavy atom. The van der Waals surface area contributed by atoms with E-state index in [0.29, 0.717) is 26.3 Å². The summed E-state index contributed by atoms with van der Waals surface area (Å²) >= 11 is 0. The lowest BCUT2D eigenvalue weighted by Gasteiger charge is -2.14. The van der Waals surface area contributed by atoms with Gasteiger partial charge in [0.05, 0.1) is 38.6 Å². The van der Waals surface area contributed by atoms with E-state index in [9.17, 15) is 10.2 Å². The van der Waals surface area contributed by atoms with Crippen molar-refractivity contribution in [3.8, 4) is 0 Å². The molecule has 116 valence electrons. The summed E-state index contributed by atoms with van der Waals surface area (Å²) in [5, 5.41) is 21.9. The minimum absolute atomic E-state index is 0.268. The van der Waals surface area contributed by atoms with E-state index in [1.54, 1.807) is 0 Å². The lowest BCUT2D eigenvalue weighted by atomic mass is 10.3. The minimum atomic E-state index is -0.578. The molecule has 19 heavy (non-hydrogen) atoms. The molecule has 0 fully saturated rings. The fraction of sp³-hybridized carbons (Fsp3) is 1.00. The largest absolute Gasteiger partial charge is 0.389 e. The Hall–Kier alpha value is -0.240. The van der Waals surface area contributed by atoms with E-state index in [0.717, 1.165) is 19.4 Å². The minimum Gasteiger partial charge on any atom is -0.389 e. The van der Waals surface area contributed by atoms with Gasteiger partial charge < -0.3 is 29.7 Å². The highest BCUT2D eigenvalue weighted by Gasteiger charge is 2.06. The summed E-state index contributed by atoms with van der Waals surface area (Å²) in [5.41, 5.74) is 0. The van der Waals surface area contributed by atoms with Gasteiger partial charge in [0, 0.05) is 26.8 Å². The van der Waals surface area contributed by atoms with Crippen molar-refractivity contribution >= 4 is 0 Å². The van der Waals surface area contributed by atoms with Gasteiger partial charge in [-0.3, -0.25) is 0 Å². The Morgan fingerprint density at radius 2 is 1.58 bits per heavy atom. The van der Waals surface area contributed by atoms with Gasteiger partial charge in [-0.05, 0) is 6.42 Å². The van der Waals surface area contributed by atoms with Crippen LogP contribution in [-0.2, 0) is 14.2 Å². The fourth-order valence-corrected chi connectivity index (χ4v) is 1.41. The van der Waals surface area contributed by atoms with Crippen LogP contribution >= 0.6 is 0 Å². The van der Waals surface area contributed by atoms with E-state index in [-0.39, 0.29) is 13.2 Å². The van der Waals surface area contributed by atoms with Gasteiger partial charge in [-0.25, -0.2) is 0 Å². The topological polar surface area (TPSA) is 80.2 Å². The van der Waals surface area contributed by atoms with Crippen molar-refractivity contribution < 1.29 is 24.4 Å². The van der Waals surface area contributed by atoms with Crippen molar-refractivity contribution in [3.63, 3.8) is 0 Å². The average Bonchev–Trinajstić information content (AvgIpc) is 2.38. The number of aliphatic hydroxyl groups excluding tert-OH is 2. The van der Waals surface area contributed by atoms with Gasteiger partial charge in [-0.15, -0.1) is 0 Å². The van der Waals surface area contributed by atoms with Crippen molar-refractivity contribution in [2.24, 2.45) is 0 Å². The second-order valence-electron chi connectivity index (χ2n) is 4.46. The van der Waals surface area contributed by atoms with Crippen molar-refractivity contribution in [2.75, 3.05) is 53.2 Å². The van der Waals surface area contributed by atoms with E-state index in [2.05, 4.69) is 12.2 Å². The molecular formula is C13H29NO5. The molecule has 0 rings (SSSR count). The molecule has 0 aromatic rings. The van der Waals surface area contributed by atoms with Crippen molar-refractivity contribution in [1.29, 1.82) is 0 Å². The molecular weight excluding hydrogens is 250 g/mol. The molecule has 0 saturated carbocycles. The molecule has 3 N–H and O–H groups in total. The van der Waals surface area contributed by atoms with Crippen molar-refractivity contribution in [2.45, 2.75) is 32.0 Å². The van der Waals surface area contributed by atoms with Crippen LogP contribution in [0.2, 0.25) is 0 Å². The number of ether oxygens (including phenoxy) is 3. The van der Waals surface area contributed by atoms with Gasteiger partial charge in [0.1, 0.15) is 0 Å². The number of nitrogens with one attached hydrogen (secondary N) is 1. The smallest absolute Gasteiger partial charge is 0.0897 e. The molecule has 0 aliphatic rings. The van der Waals surface area contributed by atoms with Gasteiger partial charge in [0.15, 0.2) is 0 Å². The maximum absolute atomic E-state index is 9.59. The van der Waals surface area contributed by atoms with Gasteiger partial charge in [0.2, 0.25) is 0 Å². The normalized spacial score (nSPS) is 14.5. The standard InChI is InChI=1S/C13H29NO5/c1-3-4-5-18-6-7-19-11-13(16)9-14-8-12(15)10-17-2/h12-16H,3-11H2,1-2H3. The summed E-state index contributed by atoms with van der Waals surface area (Å²) in [7, 11) is 1.54. The molecule has 6 nitrogen and oxygen atoms in total. The summed E-state index contributed by atoms with van der Waals surface area (Å²) in [6.07, 6.45) is 1.06. The van der Waals surface area contributed by atoms with Crippen LogP contribution in [0.1, 0.15) is 19.8 Å². The molecule has 6 heteroatoms. The highest BCUT2D eigenvalue weighted by molar-refractivity contribution is 4.62. The third-order valence-electron chi connectivity index (χ3n) is 2.44. The maximum atomic E-state index is 9.59. The first-order chi connectivity index (χ1) is 9.20. The number of methoxy groups -OCH3 is 1. The van der Waals surface area contributed by atoms with Crippen LogP contribution in [0.15, 0.2) is 0 Å². The van der Waals surface area contributed by atoms with Crippen LogP contribution in [0.5, 0.6) is 0 Å². The van der Waals surface area contributed by atoms with Crippen LogP contribution in [0.3, 0.4) is 0 Å². The van der Waals surface area contributed by atoms with E-state index >= 15 is 0 Å². The van der Waals surface area contributed by atoms with Crippen molar-refractivity contribution in [3.05, 3.63) is 0 Å². The zero-order valence-corrected chi connectivity index (χ0v) is 12.1. The first-order valence-electron chi connectivity index (χ1n) is 6.92. The number of hydrogen-bond donors (Lipinski definition) is 3. The number of hydrogen-bond acceptors (Lipinski definition) is 6.